The molecule has 1 aromatic carbocycles. The average molecular weight is 301 g/mol. The van der Waals surface area contributed by atoms with Crippen molar-refractivity contribution in [2.75, 3.05) is 20.2 Å². The van der Waals surface area contributed by atoms with Gasteiger partial charge in [-0.3, -0.25) is 4.79 Å². The van der Waals surface area contributed by atoms with Crippen LogP contribution >= 0.6 is 11.3 Å². The third kappa shape index (κ3) is 2.87. The van der Waals surface area contributed by atoms with Crippen LogP contribution in [-0.4, -0.2) is 31.0 Å². The van der Waals surface area contributed by atoms with Gasteiger partial charge in [-0.1, -0.05) is 24.3 Å². The van der Waals surface area contributed by atoms with Crippen LogP contribution in [0.1, 0.15) is 32.5 Å². The molecule has 1 aromatic heterocycles. The van der Waals surface area contributed by atoms with E-state index in [1.54, 1.807) is 16.2 Å². The molecule has 110 valence electrons. The number of fused-ring (bicyclic) bond motifs is 1. The SMILES string of the molecule is Cc1sccc1C(=O)N(C)CC1OCCc2ccccc21. The summed E-state index contributed by atoms with van der Waals surface area (Å²) in [5, 5.41) is 1.96. The molecule has 2 aromatic rings. The van der Waals surface area contributed by atoms with E-state index in [-0.39, 0.29) is 12.0 Å². The van der Waals surface area contributed by atoms with Gasteiger partial charge >= 0.3 is 0 Å². The van der Waals surface area contributed by atoms with Gasteiger partial charge in [-0.05, 0) is 35.9 Å². The van der Waals surface area contributed by atoms with Gasteiger partial charge in [0, 0.05) is 11.9 Å². The predicted molar refractivity (Wildman–Crippen MR) is 84.9 cm³/mol. The minimum absolute atomic E-state index is 0.0251. The van der Waals surface area contributed by atoms with Gasteiger partial charge in [0.05, 0.1) is 18.7 Å². The number of rotatable bonds is 3. The number of likely N-dealkylation sites (N-methyl/N-ethyl adjacent to an activating group) is 1. The lowest BCUT2D eigenvalue weighted by atomic mass is 9.97. The molecule has 4 heteroatoms. The standard InChI is InChI=1S/C17H19NO2S/c1-12-14(8-10-21-12)17(19)18(2)11-16-15-6-4-3-5-13(15)7-9-20-16/h3-6,8,10,16H,7,9,11H2,1-2H3. The highest BCUT2D eigenvalue weighted by molar-refractivity contribution is 7.10. The Hall–Kier alpha value is -1.65. The maximum absolute atomic E-state index is 12.5. The summed E-state index contributed by atoms with van der Waals surface area (Å²) in [4.78, 5) is 15.3. The number of carbonyl (C=O) groups is 1. The van der Waals surface area contributed by atoms with Crippen molar-refractivity contribution in [2.24, 2.45) is 0 Å². The molecule has 0 saturated carbocycles. The van der Waals surface area contributed by atoms with E-state index in [0.29, 0.717) is 6.54 Å². The monoisotopic (exact) mass is 301 g/mol. The van der Waals surface area contributed by atoms with Gasteiger partial charge in [-0.15, -0.1) is 11.3 Å². The number of carbonyl (C=O) groups excluding carboxylic acids is 1. The fraction of sp³-hybridized carbons (Fsp3) is 0.353. The molecule has 1 aliphatic heterocycles. The summed E-state index contributed by atoms with van der Waals surface area (Å²) in [6.07, 6.45) is 0.927. The van der Waals surface area contributed by atoms with Crippen LogP contribution in [0, 0.1) is 6.92 Å². The minimum Gasteiger partial charge on any atom is -0.371 e. The molecule has 1 atom stereocenters. The lowest BCUT2D eigenvalue weighted by Gasteiger charge is -2.29. The average Bonchev–Trinajstić information content (AvgIpc) is 2.93. The highest BCUT2D eigenvalue weighted by Crippen LogP contribution is 2.28. The molecule has 21 heavy (non-hydrogen) atoms. The lowest BCUT2D eigenvalue weighted by molar-refractivity contribution is 0.0200. The molecule has 0 fully saturated rings. The Morgan fingerprint density at radius 2 is 2.19 bits per heavy atom. The number of nitrogens with zero attached hydrogens (tertiary/aromatic N) is 1. The number of benzene rings is 1. The van der Waals surface area contributed by atoms with Crippen LogP contribution in [0.5, 0.6) is 0 Å². The summed E-state index contributed by atoms with van der Waals surface area (Å²) in [5.74, 6) is 0.0698. The van der Waals surface area contributed by atoms with Gasteiger partial charge in [-0.25, -0.2) is 0 Å². The van der Waals surface area contributed by atoms with Crippen molar-refractivity contribution >= 4 is 17.2 Å². The zero-order valence-electron chi connectivity index (χ0n) is 12.3. The zero-order chi connectivity index (χ0) is 14.8. The molecule has 0 aliphatic carbocycles. The molecule has 3 nitrogen and oxygen atoms in total. The van der Waals surface area contributed by atoms with Crippen LogP contribution in [0.3, 0.4) is 0 Å². The second kappa shape index (κ2) is 6.00. The van der Waals surface area contributed by atoms with E-state index in [2.05, 4.69) is 18.2 Å². The second-order valence-corrected chi connectivity index (χ2v) is 6.50. The summed E-state index contributed by atoms with van der Waals surface area (Å²) in [5.41, 5.74) is 3.35. The molecule has 1 aliphatic rings. The first kappa shape index (κ1) is 14.3. The molecular weight excluding hydrogens is 282 g/mol. The number of aryl methyl sites for hydroxylation is 1. The first-order valence-corrected chi connectivity index (χ1v) is 8.03. The topological polar surface area (TPSA) is 29.5 Å². The lowest BCUT2D eigenvalue weighted by Crippen LogP contribution is -2.33. The predicted octanol–water partition coefficient (Wildman–Crippen LogP) is 3.44. The van der Waals surface area contributed by atoms with Crippen molar-refractivity contribution in [3.8, 4) is 0 Å². The number of ether oxygens (including phenoxy) is 1. The van der Waals surface area contributed by atoms with Gasteiger partial charge in [0.25, 0.3) is 5.91 Å². The van der Waals surface area contributed by atoms with Crippen LogP contribution in [0.4, 0.5) is 0 Å². The molecule has 0 spiro atoms. The van der Waals surface area contributed by atoms with Crippen molar-refractivity contribution in [3.05, 3.63) is 57.3 Å². The smallest absolute Gasteiger partial charge is 0.254 e. The molecular formula is C17H19NO2S. The van der Waals surface area contributed by atoms with Gasteiger partial charge < -0.3 is 9.64 Å². The Morgan fingerprint density at radius 1 is 1.38 bits per heavy atom. The quantitative estimate of drug-likeness (QED) is 0.869. The maximum Gasteiger partial charge on any atom is 0.254 e. The molecule has 3 rings (SSSR count). The number of thiophene rings is 1. The van der Waals surface area contributed by atoms with E-state index in [4.69, 9.17) is 4.74 Å². The van der Waals surface area contributed by atoms with Crippen LogP contribution < -0.4 is 0 Å². The Bertz CT molecular complexity index is 650. The van der Waals surface area contributed by atoms with Gasteiger partial charge in [0.2, 0.25) is 0 Å². The molecule has 0 saturated heterocycles. The van der Waals surface area contributed by atoms with E-state index in [9.17, 15) is 4.79 Å². The molecule has 1 unspecified atom stereocenters. The fourth-order valence-corrected chi connectivity index (χ4v) is 3.46. The van der Waals surface area contributed by atoms with Crippen molar-refractivity contribution in [1.82, 2.24) is 4.90 Å². The Balaban J connectivity index is 1.75. The number of hydrogen-bond donors (Lipinski definition) is 0. The van der Waals surface area contributed by atoms with Crippen LogP contribution in [0.15, 0.2) is 35.7 Å². The molecule has 0 N–H and O–H groups in total. The molecule has 0 radical (unpaired) electrons. The third-order valence-electron chi connectivity index (χ3n) is 3.97. The van der Waals surface area contributed by atoms with E-state index >= 15 is 0 Å². The molecule has 2 heterocycles. The van der Waals surface area contributed by atoms with Crippen LogP contribution in [-0.2, 0) is 11.2 Å². The van der Waals surface area contributed by atoms with E-state index < -0.39 is 0 Å². The Labute approximate surface area is 129 Å². The van der Waals surface area contributed by atoms with Crippen molar-refractivity contribution < 1.29 is 9.53 Å². The van der Waals surface area contributed by atoms with E-state index in [0.717, 1.165) is 23.5 Å². The summed E-state index contributed by atoms with van der Waals surface area (Å²) < 4.78 is 5.88. The molecule has 1 amide bonds. The summed E-state index contributed by atoms with van der Waals surface area (Å²) in [6.45, 7) is 3.30. The first-order chi connectivity index (χ1) is 10.2. The minimum atomic E-state index is -0.0251. The van der Waals surface area contributed by atoms with Gasteiger partial charge in [0.1, 0.15) is 6.10 Å². The van der Waals surface area contributed by atoms with E-state index in [1.165, 1.54) is 11.1 Å². The van der Waals surface area contributed by atoms with E-state index in [1.807, 2.05) is 31.5 Å². The fourth-order valence-electron chi connectivity index (χ4n) is 2.77. The van der Waals surface area contributed by atoms with Crippen molar-refractivity contribution in [2.45, 2.75) is 19.4 Å². The normalized spacial score (nSPS) is 17.3. The Kier molecular flexibility index (Phi) is 4.08. The van der Waals surface area contributed by atoms with Gasteiger partial charge in [0.15, 0.2) is 0 Å². The third-order valence-corrected chi connectivity index (χ3v) is 4.81. The van der Waals surface area contributed by atoms with Crippen molar-refractivity contribution in [3.63, 3.8) is 0 Å². The van der Waals surface area contributed by atoms with Gasteiger partial charge in [-0.2, -0.15) is 0 Å². The van der Waals surface area contributed by atoms with Crippen LogP contribution in [0.2, 0.25) is 0 Å². The van der Waals surface area contributed by atoms with Crippen molar-refractivity contribution in [1.29, 1.82) is 0 Å². The maximum atomic E-state index is 12.5. The summed E-state index contributed by atoms with van der Waals surface area (Å²) in [6, 6.07) is 10.2. The second-order valence-electron chi connectivity index (χ2n) is 5.38. The summed E-state index contributed by atoms with van der Waals surface area (Å²) >= 11 is 1.61. The largest absolute Gasteiger partial charge is 0.371 e. The summed E-state index contributed by atoms with van der Waals surface area (Å²) in [7, 11) is 1.85. The highest BCUT2D eigenvalue weighted by Gasteiger charge is 2.24. The Morgan fingerprint density at radius 3 is 2.95 bits per heavy atom. The number of hydrogen-bond acceptors (Lipinski definition) is 3. The highest BCUT2D eigenvalue weighted by atomic mass is 32.1. The molecule has 0 bridgehead atoms. The number of amides is 1. The first-order valence-electron chi connectivity index (χ1n) is 7.16. The zero-order valence-corrected chi connectivity index (χ0v) is 13.2. The van der Waals surface area contributed by atoms with Crippen LogP contribution in [0.25, 0.3) is 0 Å².